The maximum atomic E-state index is 12.8. The molecule has 2 bridgehead atoms. The standard InChI is InChI=1S/C18H24F2N2O2/c1-2-8-21-10-13-6-7-15(21)12-22(11-13)17(23)14-4-3-5-16(9-14)24-18(19)20/h3-5,9,13,15,18H,2,6-8,10-12H2,1H3/t13-,15-/m1/s1. The van der Waals surface area contributed by atoms with Crippen molar-refractivity contribution in [3.63, 3.8) is 0 Å². The van der Waals surface area contributed by atoms with Gasteiger partial charge in [-0.25, -0.2) is 0 Å². The van der Waals surface area contributed by atoms with E-state index in [0.29, 0.717) is 17.5 Å². The van der Waals surface area contributed by atoms with Crippen molar-refractivity contribution in [1.29, 1.82) is 0 Å². The van der Waals surface area contributed by atoms with Gasteiger partial charge in [-0.05, 0) is 49.9 Å². The Hall–Kier alpha value is -1.69. The van der Waals surface area contributed by atoms with Crippen molar-refractivity contribution in [1.82, 2.24) is 9.80 Å². The number of ether oxygens (including phenoxy) is 1. The highest BCUT2D eigenvalue weighted by molar-refractivity contribution is 5.94. The maximum Gasteiger partial charge on any atom is 0.387 e. The first-order valence-electron chi connectivity index (χ1n) is 8.65. The minimum absolute atomic E-state index is 0.0289. The second-order valence-electron chi connectivity index (χ2n) is 6.71. The predicted octanol–water partition coefficient (Wildman–Crippen LogP) is 3.23. The average Bonchev–Trinajstić information content (AvgIpc) is 2.86. The van der Waals surface area contributed by atoms with E-state index in [4.69, 9.17) is 0 Å². The number of rotatable bonds is 5. The topological polar surface area (TPSA) is 32.8 Å². The van der Waals surface area contributed by atoms with E-state index in [1.54, 1.807) is 12.1 Å². The summed E-state index contributed by atoms with van der Waals surface area (Å²) in [6, 6.07) is 6.51. The van der Waals surface area contributed by atoms with Gasteiger partial charge in [0.05, 0.1) is 0 Å². The Balaban J connectivity index is 1.73. The number of nitrogens with zero attached hydrogens (tertiary/aromatic N) is 2. The van der Waals surface area contributed by atoms with E-state index in [1.807, 2.05) is 4.90 Å². The quantitative estimate of drug-likeness (QED) is 0.826. The lowest BCUT2D eigenvalue weighted by molar-refractivity contribution is -0.0499. The molecule has 0 radical (unpaired) electrons. The molecular formula is C18H24F2N2O2. The Kier molecular flexibility index (Phi) is 5.33. The zero-order chi connectivity index (χ0) is 17.1. The second kappa shape index (κ2) is 7.47. The number of alkyl halides is 2. The van der Waals surface area contributed by atoms with E-state index >= 15 is 0 Å². The fourth-order valence-corrected chi connectivity index (χ4v) is 3.89. The van der Waals surface area contributed by atoms with Crippen LogP contribution in [-0.2, 0) is 0 Å². The van der Waals surface area contributed by atoms with Crippen LogP contribution in [0.25, 0.3) is 0 Å². The fraction of sp³-hybridized carbons (Fsp3) is 0.611. The first kappa shape index (κ1) is 17.1. The zero-order valence-corrected chi connectivity index (χ0v) is 14.0. The van der Waals surface area contributed by atoms with Crippen molar-refractivity contribution < 1.29 is 18.3 Å². The van der Waals surface area contributed by atoms with Crippen molar-refractivity contribution in [3.8, 4) is 5.75 Å². The molecule has 3 fully saturated rings. The van der Waals surface area contributed by atoms with Crippen LogP contribution in [0.3, 0.4) is 0 Å². The van der Waals surface area contributed by atoms with Gasteiger partial charge in [0.15, 0.2) is 0 Å². The Labute approximate surface area is 141 Å². The highest BCUT2D eigenvalue weighted by atomic mass is 19.3. The summed E-state index contributed by atoms with van der Waals surface area (Å²) in [5, 5.41) is 0. The van der Waals surface area contributed by atoms with Gasteiger partial charge in [0.25, 0.3) is 5.91 Å². The van der Waals surface area contributed by atoms with Gasteiger partial charge in [-0.3, -0.25) is 9.69 Å². The van der Waals surface area contributed by atoms with Crippen LogP contribution in [0, 0.1) is 5.92 Å². The Morgan fingerprint density at radius 2 is 2.12 bits per heavy atom. The molecule has 3 aliphatic rings. The molecule has 1 amide bonds. The normalized spacial score (nSPS) is 24.2. The lowest BCUT2D eigenvalue weighted by Gasteiger charge is -2.35. The summed E-state index contributed by atoms with van der Waals surface area (Å²) in [6.07, 6.45) is 3.40. The largest absolute Gasteiger partial charge is 0.435 e. The minimum atomic E-state index is -2.88. The number of hydrogen-bond donors (Lipinski definition) is 0. The molecule has 6 heteroatoms. The zero-order valence-electron chi connectivity index (χ0n) is 14.0. The molecule has 2 atom stereocenters. The van der Waals surface area contributed by atoms with E-state index < -0.39 is 6.61 Å². The van der Waals surface area contributed by atoms with Crippen LogP contribution < -0.4 is 4.74 Å². The van der Waals surface area contributed by atoms with Gasteiger partial charge in [-0.1, -0.05) is 13.0 Å². The highest BCUT2D eigenvalue weighted by Crippen LogP contribution is 2.29. The summed E-state index contributed by atoms with van der Waals surface area (Å²) < 4.78 is 29.1. The number of halogens is 2. The van der Waals surface area contributed by atoms with Gasteiger partial charge in [-0.2, -0.15) is 8.78 Å². The summed E-state index contributed by atoms with van der Waals surface area (Å²) >= 11 is 0. The number of hydrogen-bond acceptors (Lipinski definition) is 3. The molecule has 0 aliphatic carbocycles. The van der Waals surface area contributed by atoms with Crippen molar-refractivity contribution in [2.24, 2.45) is 5.92 Å². The SMILES string of the molecule is CCCN1C[C@H]2CC[C@@H]1CN(C(=O)c1cccc(OC(F)F)c1)C2. The molecule has 24 heavy (non-hydrogen) atoms. The van der Waals surface area contributed by atoms with Crippen molar-refractivity contribution in [2.45, 2.75) is 38.8 Å². The van der Waals surface area contributed by atoms with Crippen LogP contribution in [0.5, 0.6) is 5.75 Å². The van der Waals surface area contributed by atoms with Crippen LogP contribution >= 0.6 is 0 Å². The monoisotopic (exact) mass is 338 g/mol. The predicted molar refractivity (Wildman–Crippen MR) is 87.4 cm³/mol. The first-order chi connectivity index (χ1) is 11.6. The molecular weight excluding hydrogens is 314 g/mol. The summed E-state index contributed by atoms with van der Waals surface area (Å²) in [6.45, 7) is 2.88. The number of benzene rings is 1. The third kappa shape index (κ3) is 3.86. The number of fused-ring (bicyclic) bond motifs is 4. The van der Waals surface area contributed by atoms with Gasteiger partial charge in [0.2, 0.25) is 0 Å². The summed E-state index contributed by atoms with van der Waals surface area (Å²) in [7, 11) is 0. The van der Waals surface area contributed by atoms with E-state index in [-0.39, 0.29) is 11.7 Å². The molecule has 3 aliphatic heterocycles. The van der Waals surface area contributed by atoms with Gasteiger partial charge in [0.1, 0.15) is 5.75 Å². The van der Waals surface area contributed by atoms with E-state index in [1.165, 1.54) is 12.1 Å². The smallest absolute Gasteiger partial charge is 0.387 e. The molecule has 0 aromatic heterocycles. The molecule has 132 valence electrons. The molecule has 3 heterocycles. The number of piperidine rings is 1. The Morgan fingerprint density at radius 1 is 1.29 bits per heavy atom. The third-order valence-corrected chi connectivity index (χ3v) is 4.93. The van der Waals surface area contributed by atoms with Crippen molar-refractivity contribution in [3.05, 3.63) is 29.8 Å². The van der Waals surface area contributed by atoms with Crippen LogP contribution in [-0.4, -0.2) is 54.5 Å². The second-order valence-corrected chi connectivity index (χ2v) is 6.71. The fourth-order valence-electron chi connectivity index (χ4n) is 3.89. The van der Waals surface area contributed by atoms with Gasteiger partial charge in [0, 0.05) is 31.2 Å². The summed E-state index contributed by atoms with van der Waals surface area (Å²) in [4.78, 5) is 17.2. The van der Waals surface area contributed by atoms with Crippen molar-refractivity contribution in [2.75, 3.05) is 26.2 Å². The number of amides is 1. The third-order valence-electron chi connectivity index (χ3n) is 4.93. The van der Waals surface area contributed by atoms with Crippen LogP contribution in [0.15, 0.2) is 24.3 Å². The summed E-state index contributed by atoms with van der Waals surface area (Å²) in [5.41, 5.74) is 0.413. The van der Waals surface area contributed by atoms with Crippen LogP contribution in [0.2, 0.25) is 0 Å². The van der Waals surface area contributed by atoms with E-state index in [2.05, 4.69) is 16.6 Å². The van der Waals surface area contributed by atoms with Crippen molar-refractivity contribution >= 4 is 5.91 Å². The van der Waals surface area contributed by atoms with Gasteiger partial charge >= 0.3 is 6.61 Å². The molecule has 4 rings (SSSR count). The lowest BCUT2D eigenvalue weighted by atomic mass is 9.95. The van der Waals surface area contributed by atoms with Gasteiger partial charge in [-0.15, -0.1) is 0 Å². The number of carbonyl (C=O) groups excluding carboxylic acids is 1. The first-order valence-corrected chi connectivity index (χ1v) is 8.65. The lowest BCUT2D eigenvalue weighted by Crippen LogP contribution is -2.44. The number of carbonyl (C=O) groups is 1. The Bertz CT molecular complexity index is 582. The molecule has 1 aromatic rings. The van der Waals surface area contributed by atoms with E-state index in [9.17, 15) is 13.6 Å². The molecule has 0 spiro atoms. The molecule has 4 nitrogen and oxygen atoms in total. The molecule has 3 saturated heterocycles. The van der Waals surface area contributed by atoms with Crippen LogP contribution in [0.4, 0.5) is 8.78 Å². The van der Waals surface area contributed by atoms with Gasteiger partial charge < -0.3 is 9.64 Å². The molecule has 0 unspecified atom stereocenters. The Morgan fingerprint density at radius 3 is 2.88 bits per heavy atom. The molecule has 0 saturated carbocycles. The van der Waals surface area contributed by atoms with Crippen LogP contribution in [0.1, 0.15) is 36.5 Å². The molecule has 0 N–H and O–H groups in total. The minimum Gasteiger partial charge on any atom is -0.435 e. The average molecular weight is 338 g/mol. The summed E-state index contributed by atoms with van der Waals surface area (Å²) in [5.74, 6) is 0.436. The van der Waals surface area contributed by atoms with E-state index in [0.717, 1.165) is 45.4 Å². The molecule has 1 aromatic carbocycles. The maximum absolute atomic E-state index is 12.8. The highest BCUT2D eigenvalue weighted by Gasteiger charge is 2.36.